The predicted molar refractivity (Wildman–Crippen MR) is 86.0 cm³/mol. The Balaban J connectivity index is 1.93. The number of rotatable bonds is 6. The van der Waals surface area contributed by atoms with E-state index in [1.807, 2.05) is 50.4 Å². The van der Waals surface area contributed by atoms with Crippen molar-refractivity contribution in [2.24, 2.45) is 0 Å². The van der Waals surface area contributed by atoms with Crippen LogP contribution in [-0.2, 0) is 11.2 Å². The maximum Gasteiger partial charge on any atom is 0.224 e. The van der Waals surface area contributed by atoms with Crippen molar-refractivity contribution >= 4 is 22.9 Å². The molecule has 2 aromatic rings. The van der Waals surface area contributed by atoms with Crippen molar-refractivity contribution < 1.29 is 9.53 Å². The summed E-state index contributed by atoms with van der Waals surface area (Å²) >= 11 is 1.61. The molecule has 0 radical (unpaired) electrons. The highest BCUT2D eigenvalue weighted by atomic mass is 32.1. The van der Waals surface area contributed by atoms with E-state index in [1.165, 1.54) is 0 Å². The van der Waals surface area contributed by atoms with Gasteiger partial charge in [0.25, 0.3) is 0 Å². The second-order valence-electron chi connectivity index (χ2n) is 5.07. The maximum atomic E-state index is 12.0. The number of anilines is 1. The standard InChI is InChI=1S/C16H20N2O2S/c1-11(2)20-15-7-5-4-6-14(15)18-16(19)9-8-13-10-21-12(3)17-13/h4-7,10-11H,8-9H2,1-3H3,(H,18,19). The number of carbonyl (C=O) groups excluding carboxylic acids is 1. The van der Waals surface area contributed by atoms with E-state index in [4.69, 9.17) is 4.74 Å². The Labute approximate surface area is 129 Å². The number of carbonyl (C=O) groups is 1. The molecule has 0 unspecified atom stereocenters. The molecule has 21 heavy (non-hydrogen) atoms. The summed E-state index contributed by atoms with van der Waals surface area (Å²) in [4.78, 5) is 16.4. The summed E-state index contributed by atoms with van der Waals surface area (Å²) in [5, 5.41) is 5.93. The van der Waals surface area contributed by atoms with Crippen molar-refractivity contribution in [3.05, 3.63) is 40.3 Å². The SMILES string of the molecule is Cc1nc(CCC(=O)Nc2ccccc2OC(C)C)cs1. The van der Waals surface area contributed by atoms with Crippen LogP contribution in [0, 0.1) is 6.92 Å². The van der Waals surface area contributed by atoms with Crippen LogP contribution < -0.4 is 10.1 Å². The zero-order chi connectivity index (χ0) is 15.2. The number of hydrogen-bond acceptors (Lipinski definition) is 4. The number of aromatic nitrogens is 1. The van der Waals surface area contributed by atoms with Crippen LogP contribution in [0.1, 0.15) is 31.0 Å². The average Bonchev–Trinajstić information content (AvgIpc) is 2.84. The van der Waals surface area contributed by atoms with Gasteiger partial charge in [0, 0.05) is 11.8 Å². The van der Waals surface area contributed by atoms with Gasteiger partial charge in [-0.15, -0.1) is 11.3 Å². The molecule has 0 aliphatic carbocycles. The number of nitrogens with one attached hydrogen (secondary N) is 1. The third-order valence-corrected chi connectivity index (χ3v) is 3.62. The van der Waals surface area contributed by atoms with Crippen molar-refractivity contribution in [3.8, 4) is 5.75 Å². The smallest absolute Gasteiger partial charge is 0.224 e. The molecule has 1 amide bonds. The largest absolute Gasteiger partial charge is 0.489 e. The van der Waals surface area contributed by atoms with Crippen LogP contribution in [0.25, 0.3) is 0 Å². The minimum absolute atomic E-state index is 0.0274. The quantitative estimate of drug-likeness (QED) is 0.883. The Morgan fingerprint density at radius 1 is 1.38 bits per heavy atom. The molecule has 0 aliphatic heterocycles. The fourth-order valence-electron chi connectivity index (χ4n) is 1.90. The lowest BCUT2D eigenvalue weighted by Gasteiger charge is -2.14. The molecular weight excluding hydrogens is 284 g/mol. The van der Waals surface area contributed by atoms with Gasteiger partial charge in [-0.2, -0.15) is 0 Å². The van der Waals surface area contributed by atoms with Crippen LogP contribution in [0.2, 0.25) is 0 Å². The molecule has 0 saturated heterocycles. The van der Waals surface area contributed by atoms with Crippen LogP contribution >= 0.6 is 11.3 Å². The lowest BCUT2D eigenvalue weighted by molar-refractivity contribution is -0.116. The molecule has 0 aliphatic rings. The second kappa shape index (κ2) is 7.22. The first-order chi connectivity index (χ1) is 10.0. The van der Waals surface area contributed by atoms with E-state index < -0.39 is 0 Å². The first-order valence-electron chi connectivity index (χ1n) is 7.01. The van der Waals surface area contributed by atoms with E-state index in [0.29, 0.717) is 24.3 Å². The van der Waals surface area contributed by atoms with Crippen molar-refractivity contribution in [1.29, 1.82) is 0 Å². The van der Waals surface area contributed by atoms with Gasteiger partial charge in [-0.1, -0.05) is 12.1 Å². The summed E-state index contributed by atoms with van der Waals surface area (Å²) in [6.45, 7) is 5.89. The van der Waals surface area contributed by atoms with E-state index in [1.54, 1.807) is 11.3 Å². The molecule has 5 heteroatoms. The molecular formula is C16H20N2O2S. The lowest BCUT2D eigenvalue weighted by atomic mass is 10.2. The Morgan fingerprint density at radius 2 is 2.14 bits per heavy atom. The van der Waals surface area contributed by atoms with Crippen molar-refractivity contribution in [2.75, 3.05) is 5.32 Å². The van der Waals surface area contributed by atoms with Crippen LogP contribution in [0.3, 0.4) is 0 Å². The molecule has 4 nitrogen and oxygen atoms in total. The molecule has 0 bridgehead atoms. The zero-order valence-corrected chi connectivity index (χ0v) is 13.4. The maximum absolute atomic E-state index is 12.0. The molecule has 1 aromatic heterocycles. The van der Waals surface area contributed by atoms with Crippen LogP contribution in [0.4, 0.5) is 5.69 Å². The number of amides is 1. The van der Waals surface area contributed by atoms with E-state index in [2.05, 4.69) is 10.3 Å². The summed E-state index contributed by atoms with van der Waals surface area (Å²) in [7, 11) is 0. The number of hydrogen-bond donors (Lipinski definition) is 1. The van der Waals surface area contributed by atoms with E-state index in [9.17, 15) is 4.79 Å². The number of nitrogens with zero attached hydrogens (tertiary/aromatic N) is 1. The third kappa shape index (κ3) is 4.86. The Hall–Kier alpha value is -1.88. The van der Waals surface area contributed by atoms with E-state index >= 15 is 0 Å². The van der Waals surface area contributed by atoms with Gasteiger partial charge in [-0.3, -0.25) is 4.79 Å². The molecule has 0 saturated carbocycles. The summed E-state index contributed by atoms with van der Waals surface area (Å²) in [5.74, 6) is 0.672. The lowest BCUT2D eigenvalue weighted by Crippen LogP contribution is -2.14. The topological polar surface area (TPSA) is 51.2 Å². The van der Waals surface area contributed by atoms with E-state index in [0.717, 1.165) is 10.7 Å². The highest BCUT2D eigenvalue weighted by molar-refractivity contribution is 7.09. The minimum atomic E-state index is -0.0274. The molecule has 0 spiro atoms. The fourth-order valence-corrected chi connectivity index (χ4v) is 2.55. The number of para-hydroxylation sites is 2. The summed E-state index contributed by atoms with van der Waals surface area (Å²) < 4.78 is 5.69. The normalized spacial score (nSPS) is 10.7. The van der Waals surface area contributed by atoms with Gasteiger partial charge in [-0.05, 0) is 39.3 Å². The first kappa shape index (κ1) is 15.5. The third-order valence-electron chi connectivity index (χ3n) is 2.80. The van der Waals surface area contributed by atoms with Gasteiger partial charge in [0.1, 0.15) is 5.75 Å². The average molecular weight is 304 g/mol. The summed E-state index contributed by atoms with van der Waals surface area (Å²) in [5.41, 5.74) is 1.69. The van der Waals surface area contributed by atoms with Gasteiger partial charge in [0.2, 0.25) is 5.91 Å². The van der Waals surface area contributed by atoms with Crippen molar-refractivity contribution in [2.45, 2.75) is 39.7 Å². The monoisotopic (exact) mass is 304 g/mol. The molecule has 0 fully saturated rings. The fraction of sp³-hybridized carbons (Fsp3) is 0.375. The van der Waals surface area contributed by atoms with Gasteiger partial charge in [0.15, 0.2) is 0 Å². The molecule has 1 aromatic carbocycles. The highest BCUT2D eigenvalue weighted by Crippen LogP contribution is 2.25. The number of ether oxygens (including phenoxy) is 1. The summed E-state index contributed by atoms with van der Waals surface area (Å²) in [6.07, 6.45) is 1.14. The highest BCUT2D eigenvalue weighted by Gasteiger charge is 2.09. The van der Waals surface area contributed by atoms with Gasteiger partial charge < -0.3 is 10.1 Å². The Bertz CT molecular complexity index is 608. The Morgan fingerprint density at radius 3 is 2.81 bits per heavy atom. The number of thiazole rings is 1. The van der Waals surface area contributed by atoms with Gasteiger partial charge in [-0.25, -0.2) is 4.98 Å². The predicted octanol–water partition coefficient (Wildman–Crippen LogP) is 3.81. The van der Waals surface area contributed by atoms with Crippen LogP contribution in [0.15, 0.2) is 29.6 Å². The van der Waals surface area contributed by atoms with Crippen molar-refractivity contribution in [3.63, 3.8) is 0 Å². The number of benzene rings is 1. The minimum Gasteiger partial charge on any atom is -0.489 e. The van der Waals surface area contributed by atoms with Crippen LogP contribution in [-0.4, -0.2) is 17.0 Å². The van der Waals surface area contributed by atoms with Gasteiger partial charge in [0.05, 0.1) is 22.5 Å². The molecule has 1 N–H and O–H groups in total. The van der Waals surface area contributed by atoms with Crippen LogP contribution in [0.5, 0.6) is 5.75 Å². The van der Waals surface area contributed by atoms with Crippen molar-refractivity contribution in [1.82, 2.24) is 4.98 Å². The molecule has 2 rings (SSSR count). The zero-order valence-electron chi connectivity index (χ0n) is 12.6. The van der Waals surface area contributed by atoms with E-state index in [-0.39, 0.29) is 12.0 Å². The molecule has 0 atom stereocenters. The second-order valence-corrected chi connectivity index (χ2v) is 6.13. The van der Waals surface area contributed by atoms with Gasteiger partial charge >= 0.3 is 0 Å². The first-order valence-corrected chi connectivity index (χ1v) is 7.89. The molecule has 112 valence electrons. The summed E-state index contributed by atoms with van der Waals surface area (Å²) in [6, 6.07) is 7.49. The number of aryl methyl sites for hydroxylation is 2. The Kier molecular flexibility index (Phi) is 5.33. The molecule has 1 heterocycles.